The van der Waals surface area contributed by atoms with Crippen molar-refractivity contribution in [3.05, 3.63) is 47.7 Å². The lowest BCUT2D eigenvalue weighted by atomic mass is 9.86. The molecule has 1 saturated heterocycles. The predicted octanol–water partition coefficient (Wildman–Crippen LogP) is 4.51. The van der Waals surface area contributed by atoms with Crippen molar-refractivity contribution in [2.45, 2.75) is 71.3 Å². The summed E-state index contributed by atoms with van der Waals surface area (Å²) in [5, 5.41) is 8.75. The molecule has 0 saturated carbocycles. The number of nitrogens with one attached hydrogen (secondary N) is 3. The van der Waals surface area contributed by atoms with Crippen LogP contribution in [0.4, 0.5) is 17.2 Å². The number of imidazole rings is 1. The van der Waals surface area contributed by atoms with Crippen LogP contribution in [0.1, 0.15) is 86.5 Å². The molecule has 0 bridgehead atoms. The maximum Gasteiger partial charge on any atom is 0.287 e. The molecule has 5 rings (SSSR count). The van der Waals surface area contributed by atoms with Gasteiger partial charge in [-0.05, 0) is 78.7 Å². The highest BCUT2D eigenvalue weighted by molar-refractivity contribution is 6.03. The van der Waals surface area contributed by atoms with E-state index in [0.29, 0.717) is 66.7 Å². The summed E-state index contributed by atoms with van der Waals surface area (Å²) >= 11 is 0. The van der Waals surface area contributed by atoms with Crippen molar-refractivity contribution in [1.29, 1.82) is 0 Å². The van der Waals surface area contributed by atoms with Crippen molar-refractivity contribution in [2.24, 2.45) is 24.5 Å². The number of aromatic nitrogens is 3. The zero-order chi connectivity index (χ0) is 39.4. The second-order valence-electron chi connectivity index (χ2n) is 15.6. The van der Waals surface area contributed by atoms with Gasteiger partial charge < -0.3 is 44.4 Å². The first-order valence-corrected chi connectivity index (χ1v) is 18.5. The molecular formula is C39H55N9O6. The molecule has 15 nitrogen and oxygen atoms in total. The molecule has 2 aromatic heterocycles. The van der Waals surface area contributed by atoms with Gasteiger partial charge in [-0.15, -0.1) is 0 Å². The van der Waals surface area contributed by atoms with E-state index in [4.69, 9.17) is 9.47 Å². The van der Waals surface area contributed by atoms with Crippen molar-refractivity contribution in [3.63, 3.8) is 0 Å². The molecule has 0 radical (unpaired) electrons. The molecule has 0 aliphatic carbocycles. The lowest BCUT2D eigenvalue weighted by molar-refractivity contribution is -0.124. The summed E-state index contributed by atoms with van der Waals surface area (Å²) in [6.07, 6.45) is 9.02. The third-order valence-corrected chi connectivity index (χ3v) is 10.1. The summed E-state index contributed by atoms with van der Waals surface area (Å²) in [6.45, 7) is 9.76. The van der Waals surface area contributed by atoms with Crippen LogP contribution in [0.3, 0.4) is 0 Å². The molecule has 54 heavy (non-hydrogen) atoms. The largest absolute Gasteiger partial charge is 0.493 e. The summed E-state index contributed by atoms with van der Waals surface area (Å²) in [6, 6.07) is 5.26. The molecule has 2 aliphatic rings. The smallest absolute Gasteiger partial charge is 0.287 e. The minimum atomic E-state index is -1.01. The van der Waals surface area contributed by atoms with Crippen LogP contribution in [0.5, 0.6) is 11.5 Å². The maximum absolute atomic E-state index is 13.6. The van der Waals surface area contributed by atoms with E-state index in [0.717, 1.165) is 25.8 Å². The van der Waals surface area contributed by atoms with Crippen LogP contribution in [0, 0.1) is 5.41 Å². The summed E-state index contributed by atoms with van der Waals surface area (Å²) in [5.41, 5.74) is 0.562. The molecule has 1 unspecified atom stereocenters. The highest BCUT2D eigenvalue weighted by Crippen LogP contribution is 2.38. The highest BCUT2D eigenvalue weighted by Gasteiger charge is 2.35. The van der Waals surface area contributed by atoms with E-state index in [-0.39, 0.29) is 41.3 Å². The van der Waals surface area contributed by atoms with Gasteiger partial charge in [0, 0.05) is 63.0 Å². The van der Waals surface area contributed by atoms with Crippen LogP contribution in [0.2, 0.25) is 0 Å². The number of rotatable bonds is 16. The number of anilines is 2. The number of amides is 4. The molecule has 1 fully saturated rings. The number of hydrogen-bond acceptors (Lipinski definition) is 9. The van der Waals surface area contributed by atoms with Crippen molar-refractivity contribution in [2.75, 3.05) is 58.1 Å². The van der Waals surface area contributed by atoms with Crippen LogP contribution in [-0.2, 0) is 29.1 Å². The average Bonchev–Trinajstić information content (AvgIpc) is 3.83. The van der Waals surface area contributed by atoms with Gasteiger partial charge >= 0.3 is 0 Å². The van der Waals surface area contributed by atoms with Gasteiger partial charge in [0.2, 0.25) is 17.6 Å². The van der Waals surface area contributed by atoms with Crippen LogP contribution in [0.25, 0.3) is 0 Å². The predicted molar refractivity (Wildman–Crippen MR) is 208 cm³/mol. The molecule has 292 valence electrons. The lowest BCUT2D eigenvalue weighted by Crippen LogP contribution is -2.36. The summed E-state index contributed by atoms with van der Waals surface area (Å²) < 4.78 is 15.1. The first-order valence-electron chi connectivity index (χ1n) is 18.5. The molecule has 1 atom stereocenters. The number of carbonyl (C=O) groups excluding carboxylic acids is 4. The average molecular weight is 746 g/mol. The zero-order valence-corrected chi connectivity index (χ0v) is 33.0. The van der Waals surface area contributed by atoms with Crippen molar-refractivity contribution in [1.82, 2.24) is 29.2 Å². The van der Waals surface area contributed by atoms with E-state index in [2.05, 4.69) is 25.9 Å². The van der Waals surface area contributed by atoms with E-state index in [1.54, 1.807) is 63.2 Å². The molecular weight excluding hydrogens is 690 g/mol. The third kappa shape index (κ3) is 8.95. The highest BCUT2D eigenvalue weighted by atomic mass is 16.5. The molecule has 3 N–H and O–H groups in total. The number of aliphatic imine (C=N–C) groups is 1. The van der Waals surface area contributed by atoms with E-state index in [1.165, 1.54) is 0 Å². The Morgan fingerprint density at radius 3 is 2.46 bits per heavy atom. The van der Waals surface area contributed by atoms with Gasteiger partial charge in [-0.2, -0.15) is 0 Å². The fraction of sp³-hybridized carbons (Fsp3) is 0.538. The van der Waals surface area contributed by atoms with E-state index >= 15 is 0 Å². The van der Waals surface area contributed by atoms with E-state index in [9.17, 15) is 19.2 Å². The molecule has 0 spiro atoms. The van der Waals surface area contributed by atoms with E-state index in [1.807, 2.05) is 55.6 Å². The van der Waals surface area contributed by atoms with Crippen LogP contribution >= 0.6 is 0 Å². The Labute approximate surface area is 317 Å². The van der Waals surface area contributed by atoms with Gasteiger partial charge in [0.15, 0.2) is 17.3 Å². The van der Waals surface area contributed by atoms with Gasteiger partial charge in [-0.3, -0.25) is 24.2 Å². The monoisotopic (exact) mass is 745 g/mol. The number of fused-ring (bicyclic) bond motifs is 2. The number of aryl methyl sites for hydroxylation is 2. The molecule has 4 amide bonds. The Morgan fingerprint density at radius 1 is 0.981 bits per heavy atom. The van der Waals surface area contributed by atoms with Crippen LogP contribution in [-0.4, -0.2) is 107 Å². The van der Waals surface area contributed by atoms with Gasteiger partial charge in [0.1, 0.15) is 0 Å². The fourth-order valence-electron chi connectivity index (χ4n) is 6.79. The zero-order valence-electron chi connectivity index (χ0n) is 33.0. The number of hydrogen-bond donors (Lipinski definition) is 3. The number of ether oxygens (including phenoxy) is 2. The summed E-state index contributed by atoms with van der Waals surface area (Å²) in [4.78, 5) is 65.8. The number of methoxy groups -OCH3 is 1. The molecule has 4 heterocycles. The Bertz CT molecular complexity index is 1910. The van der Waals surface area contributed by atoms with E-state index < -0.39 is 10.8 Å². The third-order valence-electron chi connectivity index (χ3n) is 10.1. The lowest BCUT2D eigenvalue weighted by Gasteiger charge is -2.24. The van der Waals surface area contributed by atoms with Crippen LogP contribution in [0.15, 0.2) is 35.6 Å². The Kier molecular flexibility index (Phi) is 12.2. The first kappa shape index (κ1) is 40.0. The minimum Gasteiger partial charge on any atom is -0.493 e. The standard InChI is InChI=1S/C39H55N9O6/c1-38(2,14-11-18-54-30-21-28-27(20-29(30)53-9)35(50)48-17-10-13-26(48)22-41-28)36(51)42-25-19-31(46(7)23-25)39(3,4)37(52)44-32-24-47(8)33(43-32)34(49)40-15-12-16-45(5)6/h19-24,26H,10-18H2,1-9H3,(H,40,49)(H,42,51)(H,44,52). The second-order valence-corrected chi connectivity index (χ2v) is 15.6. The number of benzene rings is 1. The van der Waals surface area contributed by atoms with Gasteiger partial charge in [0.05, 0.1) is 42.1 Å². The number of nitrogens with zero attached hydrogens (tertiary/aromatic N) is 6. The second kappa shape index (κ2) is 16.5. The Morgan fingerprint density at radius 2 is 1.74 bits per heavy atom. The molecule has 2 aliphatic heterocycles. The topological polar surface area (TPSA) is 164 Å². The SMILES string of the molecule is COc1cc2c(cc1OCCCC(C)(C)C(=O)Nc1cc(C(C)(C)C(=O)Nc3cn(C)c(C(=O)NCCCN(C)C)n3)n(C)c1)N=CC1CCCN1C2=O. The van der Waals surface area contributed by atoms with Crippen molar-refractivity contribution < 1.29 is 28.7 Å². The molecule has 3 aromatic rings. The Balaban J connectivity index is 1.15. The normalized spacial score (nSPS) is 15.5. The minimum absolute atomic E-state index is 0.0121. The maximum atomic E-state index is 13.6. The van der Waals surface area contributed by atoms with Gasteiger partial charge in [-0.25, -0.2) is 4.98 Å². The van der Waals surface area contributed by atoms with Gasteiger partial charge in [0.25, 0.3) is 11.8 Å². The Hall–Kier alpha value is -5.18. The summed E-state index contributed by atoms with van der Waals surface area (Å²) in [7, 11) is 9.03. The number of carbonyl (C=O) groups is 4. The van der Waals surface area contributed by atoms with Crippen molar-refractivity contribution >= 4 is 47.0 Å². The first-order chi connectivity index (χ1) is 25.5. The van der Waals surface area contributed by atoms with Gasteiger partial charge in [-0.1, -0.05) is 13.8 Å². The van der Waals surface area contributed by atoms with Crippen molar-refractivity contribution in [3.8, 4) is 11.5 Å². The fourth-order valence-corrected chi connectivity index (χ4v) is 6.79. The quantitative estimate of drug-likeness (QED) is 0.180. The molecule has 1 aromatic carbocycles. The summed E-state index contributed by atoms with van der Waals surface area (Å²) in [5.74, 6) is 0.581. The molecule has 15 heteroatoms. The van der Waals surface area contributed by atoms with Crippen LogP contribution < -0.4 is 25.4 Å².